The summed E-state index contributed by atoms with van der Waals surface area (Å²) >= 11 is 1.10. The van der Waals surface area contributed by atoms with Gasteiger partial charge in [-0.1, -0.05) is 59.8 Å². The smallest absolute Gasteiger partial charge is 0.208 e. The number of rotatable bonds is 8. The van der Waals surface area contributed by atoms with E-state index in [1.54, 1.807) is 24.3 Å². The molecule has 1 N–H and O–H groups in total. The topological polar surface area (TPSA) is 83.1 Å². The minimum absolute atomic E-state index is 0.0229. The monoisotopic (exact) mass is 402 g/mol. The third-order valence-electron chi connectivity index (χ3n) is 4.05. The van der Waals surface area contributed by atoms with Crippen LogP contribution in [0.4, 0.5) is 5.69 Å². The molecule has 0 spiro atoms. The highest BCUT2D eigenvalue weighted by molar-refractivity contribution is 8.03. The molecular formula is C23H18N2O3S. The number of nitrogens with zero attached hydrogens (tertiary/aromatic N) is 1. The van der Waals surface area contributed by atoms with Crippen LogP contribution >= 0.6 is 11.8 Å². The van der Waals surface area contributed by atoms with Gasteiger partial charge in [-0.3, -0.25) is 9.59 Å². The predicted octanol–water partition coefficient (Wildman–Crippen LogP) is 5.23. The molecule has 6 heteroatoms. The summed E-state index contributed by atoms with van der Waals surface area (Å²) in [5, 5.41) is 13.2. The summed E-state index contributed by atoms with van der Waals surface area (Å²) in [5.74, 6) is -0.370. The van der Waals surface area contributed by atoms with Gasteiger partial charge in [-0.15, -0.1) is 0 Å². The first-order chi connectivity index (χ1) is 14.1. The number of anilines is 1. The predicted molar refractivity (Wildman–Crippen MR) is 114 cm³/mol. The molecule has 5 nitrogen and oxygen atoms in total. The number of nitriles is 1. The second-order valence-corrected chi connectivity index (χ2v) is 7.18. The van der Waals surface area contributed by atoms with Crippen molar-refractivity contribution in [3.05, 3.63) is 100 Å². The van der Waals surface area contributed by atoms with Crippen molar-refractivity contribution in [2.45, 2.75) is 6.92 Å². The lowest BCUT2D eigenvalue weighted by Crippen LogP contribution is -2.11. The number of aryl methyl sites for hydroxylation is 1. The lowest BCUT2D eigenvalue weighted by molar-refractivity contribution is 0.0990. The molecule has 1 heterocycles. The molecule has 3 rings (SSSR count). The van der Waals surface area contributed by atoms with Crippen LogP contribution < -0.4 is 5.32 Å². The quantitative estimate of drug-likeness (QED) is 0.315. The number of hydrogen-bond acceptors (Lipinski definition) is 6. The first kappa shape index (κ1) is 20.2. The third kappa shape index (κ3) is 5.24. The zero-order valence-corrected chi connectivity index (χ0v) is 16.5. The van der Waals surface area contributed by atoms with E-state index in [-0.39, 0.29) is 22.9 Å². The summed E-state index contributed by atoms with van der Waals surface area (Å²) in [6.45, 7) is 1.92. The molecule has 29 heavy (non-hydrogen) atoms. The molecule has 0 saturated carbocycles. The van der Waals surface area contributed by atoms with Gasteiger partial charge in [-0.25, -0.2) is 0 Å². The molecule has 0 aliphatic rings. The van der Waals surface area contributed by atoms with Gasteiger partial charge in [0.25, 0.3) is 0 Å². The summed E-state index contributed by atoms with van der Waals surface area (Å²) in [4.78, 5) is 25.3. The molecule has 144 valence electrons. The Balaban J connectivity index is 1.91. The minimum Gasteiger partial charge on any atom is -0.461 e. The molecule has 0 atom stereocenters. The number of hydrogen-bond donors (Lipinski definition) is 1. The summed E-state index contributed by atoms with van der Waals surface area (Å²) in [5.41, 5.74) is 2.10. The third-order valence-corrected chi connectivity index (χ3v) is 5.06. The lowest BCUT2D eigenvalue weighted by Gasteiger charge is -2.12. The van der Waals surface area contributed by atoms with E-state index in [4.69, 9.17) is 4.42 Å². The Bertz CT molecular complexity index is 1060. The van der Waals surface area contributed by atoms with Crippen molar-refractivity contribution in [1.82, 2.24) is 0 Å². The van der Waals surface area contributed by atoms with Gasteiger partial charge in [0.05, 0.1) is 17.0 Å². The van der Waals surface area contributed by atoms with Crippen LogP contribution in [0.25, 0.3) is 0 Å². The van der Waals surface area contributed by atoms with Crippen LogP contribution in [0.5, 0.6) is 0 Å². The van der Waals surface area contributed by atoms with Crippen LogP contribution in [0.2, 0.25) is 0 Å². The standard InChI is InChI=1S/C23H18N2O3S/c1-16-9-11-17(12-10-16)22(27)19(14-24)23(25-18-6-3-2-4-7-18)29-15-20(26)21-8-5-13-28-21/h2-13,25H,15H2,1H3. The Hall–Kier alpha value is -3.56. The molecule has 0 aliphatic carbocycles. The van der Waals surface area contributed by atoms with Gasteiger partial charge in [0.2, 0.25) is 11.6 Å². The highest BCUT2D eigenvalue weighted by atomic mass is 32.2. The number of benzene rings is 2. The van der Waals surface area contributed by atoms with E-state index in [0.717, 1.165) is 17.3 Å². The fraction of sp³-hybridized carbons (Fsp3) is 0.0870. The maximum Gasteiger partial charge on any atom is 0.208 e. The summed E-state index contributed by atoms with van der Waals surface area (Å²) in [6, 6.07) is 21.4. The lowest BCUT2D eigenvalue weighted by atomic mass is 10.0. The van der Waals surface area contributed by atoms with Gasteiger partial charge in [-0.2, -0.15) is 5.26 Å². The number of carbonyl (C=O) groups is 2. The molecule has 0 radical (unpaired) electrons. The number of Topliss-reactive ketones (excluding diaryl/α,β-unsaturated/α-hetero) is 2. The zero-order valence-electron chi connectivity index (χ0n) is 15.7. The SMILES string of the molecule is Cc1ccc(C(=O)C(C#N)=C(Nc2ccccc2)SCC(=O)c2ccco2)cc1. The van der Waals surface area contributed by atoms with E-state index in [0.29, 0.717) is 16.3 Å². The van der Waals surface area contributed by atoms with Crippen LogP contribution in [-0.4, -0.2) is 17.3 Å². The molecule has 0 amide bonds. The number of furan rings is 1. The highest BCUT2D eigenvalue weighted by Crippen LogP contribution is 2.26. The molecule has 3 aromatic rings. The largest absolute Gasteiger partial charge is 0.461 e. The van der Waals surface area contributed by atoms with Gasteiger partial charge in [0.15, 0.2) is 5.76 Å². The van der Waals surface area contributed by atoms with Crippen molar-refractivity contribution in [2.24, 2.45) is 0 Å². The Kier molecular flexibility index (Phi) is 6.67. The highest BCUT2D eigenvalue weighted by Gasteiger charge is 2.20. The first-order valence-electron chi connectivity index (χ1n) is 8.86. The second kappa shape index (κ2) is 9.58. The summed E-state index contributed by atoms with van der Waals surface area (Å²) < 4.78 is 5.13. The van der Waals surface area contributed by atoms with Crippen molar-refractivity contribution in [3.8, 4) is 6.07 Å². The van der Waals surface area contributed by atoms with E-state index in [2.05, 4.69) is 5.32 Å². The average Bonchev–Trinajstić information content (AvgIpc) is 3.28. The Morgan fingerprint density at radius 3 is 2.38 bits per heavy atom. The molecule has 0 aliphatic heterocycles. The number of allylic oxidation sites excluding steroid dienone is 1. The van der Waals surface area contributed by atoms with Crippen LogP contribution in [-0.2, 0) is 0 Å². The van der Waals surface area contributed by atoms with Crippen LogP contribution in [0.1, 0.15) is 26.5 Å². The molecular weight excluding hydrogens is 384 g/mol. The fourth-order valence-corrected chi connectivity index (χ4v) is 3.41. The molecule has 1 aromatic heterocycles. The van der Waals surface area contributed by atoms with Gasteiger partial charge < -0.3 is 9.73 Å². The van der Waals surface area contributed by atoms with Crippen molar-refractivity contribution in [2.75, 3.05) is 11.1 Å². The number of para-hydroxylation sites is 1. The Morgan fingerprint density at radius 1 is 1.03 bits per heavy atom. The number of ketones is 2. The number of carbonyl (C=O) groups excluding carboxylic acids is 2. The van der Waals surface area contributed by atoms with E-state index in [1.807, 2.05) is 55.5 Å². The maximum atomic E-state index is 13.0. The van der Waals surface area contributed by atoms with Crippen LogP contribution in [0.15, 0.2) is 88.0 Å². The van der Waals surface area contributed by atoms with Crippen molar-refractivity contribution in [3.63, 3.8) is 0 Å². The van der Waals surface area contributed by atoms with Crippen LogP contribution in [0.3, 0.4) is 0 Å². The van der Waals surface area contributed by atoms with Crippen molar-refractivity contribution >= 4 is 29.0 Å². The van der Waals surface area contributed by atoms with E-state index < -0.39 is 5.78 Å². The molecule has 0 fully saturated rings. The summed E-state index contributed by atoms with van der Waals surface area (Å²) in [6.07, 6.45) is 1.43. The summed E-state index contributed by atoms with van der Waals surface area (Å²) in [7, 11) is 0. The molecule has 0 saturated heterocycles. The van der Waals surface area contributed by atoms with E-state index >= 15 is 0 Å². The van der Waals surface area contributed by atoms with Crippen LogP contribution in [0, 0.1) is 18.3 Å². The Morgan fingerprint density at radius 2 is 1.76 bits per heavy atom. The molecule has 2 aromatic carbocycles. The normalized spacial score (nSPS) is 11.3. The van der Waals surface area contributed by atoms with Gasteiger partial charge in [-0.05, 0) is 31.2 Å². The van der Waals surface area contributed by atoms with Gasteiger partial charge in [0, 0.05) is 11.3 Å². The van der Waals surface area contributed by atoms with Gasteiger partial charge in [0.1, 0.15) is 11.6 Å². The molecule has 0 bridgehead atoms. The van der Waals surface area contributed by atoms with Gasteiger partial charge >= 0.3 is 0 Å². The zero-order chi connectivity index (χ0) is 20.6. The fourth-order valence-electron chi connectivity index (χ4n) is 2.52. The number of nitrogens with one attached hydrogen (secondary N) is 1. The Labute approximate surface area is 173 Å². The minimum atomic E-state index is -0.399. The van der Waals surface area contributed by atoms with E-state index in [9.17, 15) is 14.9 Å². The number of thioether (sulfide) groups is 1. The van der Waals surface area contributed by atoms with Crippen molar-refractivity contribution in [1.29, 1.82) is 5.26 Å². The molecule has 0 unspecified atom stereocenters. The van der Waals surface area contributed by atoms with Crippen molar-refractivity contribution < 1.29 is 14.0 Å². The van der Waals surface area contributed by atoms with E-state index in [1.165, 1.54) is 6.26 Å². The maximum absolute atomic E-state index is 13.0. The first-order valence-corrected chi connectivity index (χ1v) is 9.84. The average molecular weight is 402 g/mol. The second-order valence-electron chi connectivity index (χ2n) is 6.19.